The Morgan fingerprint density at radius 1 is 0.812 bits per heavy atom. The second kappa shape index (κ2) is 6.30. The third kappa shape index (κ3) is 3.01. The highest BCUT2D eigenvalue weighted by molar-refractivity contribution is 8.25. The molecular formula is C13H12ClPS. The minimum absolute atomic E-state index is 0.320. The van der Waals surface area contributed by atoms with E-state index in [0.29, 0.717) is 0 Å². The average Bonchev–Trinajstić information content (AvgIpc) is 2.38. The molecular weight excluding hydrogens is 255 g/mol. The second-order valence-electron chi connectivity index (χ2n) is 3.34. The van der Waals surface area contributed by atoms with E-state index in [4.69, 9.17) is 10.7 Å². The molecule has 0 unspecified atom stereocenters. The van der Waals surface area contributed by atoms with Crippen molar-refractivity contribution in [3.05, 3.63) is 60.7 Å². The maximum Gasteiger partial charge on any atom is 0.0369 e. The molecule has 0 heterocycles. The SMILES string of the molecule is ClSCP(c1ccccc1)c1ccccc1. The Balaban J connectivity index is 2.31. The molecule has 0 nitrogen and oxygen atoms in total. The van der Waals surface area contributed by atoms with Crippen molar-refractivity contribution >= 4 is 40.2 Å². The van der Waals surface area contributed by atoms with Crippen LogP contribution in [0.4, 0.5) is 0 Å². The Hall–Kier alpha value is -0.490. The van der Waals surface area contributed by atoms with Gasteiger partial charge in [-0.25, -0.2) is 0 Å². The van der Waals surface area contributed by atoms with Gasteiger partial charge in [-0.15, -0.1) is 0 Å². The van der Waals surface area contributed by atoms with E-state index < -0.39 is 0 Å². The van der Waals surface area contributed by atoms with E-state index in [1.807, 2.05) is 0 Å². The van der Waals surface area contributed by atoms with Crippen molar-refractivity contribution in [3.63, 3.8) is 0 Å². The predicted molar refractivity (Wildman–Crippen MR) is 77.4 cm³/mol. The van der Waals surface area contributed by atoms with Gasteiger partial charge in [-0.3, -0.25) is 0 Å². The molecule has 0 aliphatic carbocycles. The van der Waals surface area contributed by atoms with Crippen molar-refractivity contribution in [1.82, 2.24) is 0 Å². The fourth-order valence-corrected chi connectivity index (χ4v) is 5.39. The highest BCUT2D eigenvalue weighted by Crippen LogP contribution is 2.38. The molecule has 16 heavy (non-hydrogen) atoms. The van der Waals surface area contributed by atoms with Gasteiger partial charge in [0, 0.05) is 5.49 Å². The van der Waals surface area contributed by atoms with E-state index >= 15 is 0 Å². The summed E-state index contributed by atoms with van der Waals surface area (Å²) in [7, 11) is 6.91. The number of halogens is 1. The molecule has 0 saturated heterocycles. The first kappa shape index (κ1) is 12.0. The molecule has 0 radical (unpaired) electrons. The summed E-state index contributed by atoms with van der Waals surface area (Å²) in [5.74, 6) is 0. The van der Waals surface area contributed by atoms with E-state index in [9.17, 15) is 0 Å². The molecule has 2 aromatic rings. The van der Waals surface area contributed by atoms with Crippen LogP contribution in [0.25, 0.3) is 0 Å². The van der Waals surface area contributed by atoms with E-state index in [1.165, 1.54) is 21.6 Å². The minimum Gasteiger partial charge on any atom is -0.0622 e. The fourth-order valence-electron chi connectivity index (χ4n) is 1.56. The van der Waals surface area contributed by atoms with Crippen LogP contribution in [0.15, 0.2) is 60.7 Å². The number of rotatable bonds is 4. The summed E-state index contributed by atoms with van der Waals surface area (Å²) in [5, 5.41) is 2.77. The molecule has 0 aliphatic heterocycles. The summed E-state index contributed by atoms with van der Waals surface area (Å²) in [6.07, 6.45) is 0. The summed E-state index contributed by atoms with van der Waals surface area (Å²) in [6, 6.07) is 21.2. The first-order chi connectivity index (χ1) is 7.92. The van der Waals surface area contributed by atoms with Crippen LogP contribution in [0.2, 0.25) is 0 Å². The smallest absolute Gasteiger partial charge is 0.0369 e. The van der Waals surface area contributed by atoms with Crippen LogP contribution in [0.5, 0.6) is 0 Å². The van der Waals surface area contributed by atoms with Gasteiger partial charge in [0.1, 0.15) is 0 Å². The van der Waals surface area contributed by atoms with Crippen LogP contribution in [-0.4, -0.2) is 5.49 Å². The Bertz CT molecular complexity index is 379. The van der Waals surface area contributed by atoms with Gasteiger partial charge >= 0.3 is 0 Å². The van der Waals surface area contributed by atoms with Crippen LogP contribution >= 0.6 is 29.6 Å². The van der Waals surface area contributed by atoms with Gasteiger partial charge in [-0.1, -0.05) is 71.6 Å². The van der Waals surface area contributed by atoms with Crippen LogP contribution < -0.4 is 10.6 Å². The van der Waals surface area contributed by atoms with Crippen LogP contribution in [0.1, 0.15) is 0 Å². The van der Waals surface area contributed by atoms with Crippen molar-refractivity contribution in [2.24, 2.45) is 0 Å². The molecule has 0 aliphatic rings. The summed E-state index contributed by atoms with van der Waals surface area (Å²) < 4.78 is 0. The van der Waals surface area contributed by atoms with Gasteiger partial charge in [0.25, 0.3) is 0 Å². The molecule has 0 bridgehead atoms. The maximum atomic E-state index is 5.83. The highest BCUT2D eigenvalue weighted by atomic mass is 35.7. The van der Waals surface area contributed by atoms with Crippen molar-refractivity contribution in [3.8, 4) is 0 Å². The standard InChI is InChI=1S/C13H12ClPS/c14-16-11-15(12-7-3-1-4-8-12)13-9-5-2-6-10-13/h1-10H,11H2. The van der Waals surface area contributed by atoms with Crippen LogP contribution in [-0.2, 0) is 0 Å². The third-order valence-electron chi connectivity index (χ3n) is 2.31. The number of hydrogen-bond donors (Lipinski definition) is 0. The Labute approximate surface area is 106 Å². The van der Waals surface area contributed by atoms with Crippen molar-refractivity contribution in [1.29, 1.82) is 0 Å². The maximum absolute atomic E-state index is 5.83. The first-order valence-corrected chi connectivity index (χ1v) is 8.37. The second-order valence-corrected chi connectivity index (χ2v) is 7.13. The third-order valence-corrected chi connectivity index (χ3v) is 6.46. The zero-order chi connectivity index (χ0) is 11.2. The van der Waals surface area contributed by atoms with Gasteiger partial charge in [0.05, 0.1) is 0 Å². The van der Waals surface area contributed by atoms with E-state index in [-0.39, 0.29) is 7.92 Å². The lowest BCUT2D eigenvalue weighted by molar-refractivity contribution is 1.75. The molecule has 0 atom stereocenters. The topological polar surface area (TPSA) is 0 Å². The minimum atomic E-state index is -0.320. The van der Waals surface area contributed by atoms with Crippen LogP contribution in [0.3, 0.4) is 0 Å². The molecule has 2 rings (SSSR count). The van der Waals surface area contributed by atoms with Gasteiger partial charge < -0.3 is 0 Å². The van der Waals surface area contributed by atoms with E-state index in [0.717, 1.165) is 5.49 Å². The molecule has 0 amide bonds. The summed E-state index contributed by atoms with van der Waals surface area (Å²) in [5.41, 5.74) is 0.963. The zero-order valence-corrected chi connectivity index (χ0v) is 11.2. The van der Waals surface area contributed by atoms with Crippen molar-refractivity contribution < 1.29 is 0 Å². The quantitative estimate of drug-likeness (QED) is 0.755. The number of benzene rings is 2. The van der Waals surface area contributed by atoms with Gasteiger partial charge in [-0.05, 0) is 29.2 Å². The molecule has 3 heteroatoms. The normalized spacial score (nSPS) is 10.6. The monoisotopic (exact) mass is 266 g/mol. The molecule has 0 spiro atoms. The summed E-state index contributed by atoms with van der Waals surface area (Å²) >= 11 is 0. The Morgan fingerprint density at radius 2 is 1.25 bits per heavy atom. The Kier molecular flexibility index (Phi) is 4.71. The largest absolute Gasteiger partial charge is 0.0622 e. The molecule has 0 N–H and O–H groups in total. The van der Waals surface area contributed by atoms with Gasteiger partial charge in [0.2, 0.25) is 0 Å². The molecule has 82 valence electrons. The lowest BCUT2D eigenvalue weighted by atomic mass is 10.4. The van der Waals surface area contributed by atoms with Gasteiger partial charge in [0.15, 0.2) is 0 Å². The fraction of sp³-hybridized carbons (Fsp3) is 0.0769. The molecule has 2 aromatic carbocycles. The van der Waals surface area contributed by atoms with E-state index in [2.05, 4.69) is 60.7 Å². The van der Waals surface area contributed by atoms with E-state index in [1.54, 1.807) is 0 Å². The van der Waals surface area contributed by atoms with Crippen molar-refractivity contribution in [2.75, 3.05) is 5.49 Å². The lowest BCUT2D eigenvalue weighted by Crippen LogP contribution is -2.12. The van der Waals surface area contributed by atoms with Gasteiger partial charge in [-0.2, -0.15) is 0 Å². The summed E-state index contributed by atoms with van der Waals surface area (Å²) in [4.78, 5) is 0. The molecule has 0 aromatic heterocycles. The summed E-state index contributed by atoms with van der Waals surface area (Å²) in [6.45, 7) is 0. The zero-order valence-electron chi connectivity index (χ0n) is 8.71. The van der Waals surface area contributed by atoms with Crippen LogP contribution in [0, 0.1) is 0 Å². The lowest BCUT2D eigenvalue weighted by Gasteiger charge is -2.16. The van der Waals surface area contributed by atoms with Crippen molar-refractivity contribution in [2.45, 2.75) is 0 Å². The first-order valence-electron chi connectivity index (χ1n) is 5.03. The average molecular weight is 267 g/mol. The highest BCUT2D eigenvalue weighted by Gasteiger charge is 2.12. The Morgan fingerprint density at radius 3 is 1.62 bits per heavy atom. The molecule has 0 fully saturated rings. The number of hydrogen-bond acceptors (Lipinski definition) is 1. The molecule has 0 saturated carbocycles. The predicted octanol–water partition coefficient (Wildman–Crippen LogP) is 3.96.